The molecule has 0 radical (unpaired) electrons. The Balaban J connectivity index is 2.25. The number of rotatable bonds is 3. The number of anilines is 1. The second kappa shape index (κ2) is 4.96. The molecule has 0 aliphatic rings. The van der Waals surface area contributed by atoms with E-state index < -0.39 is 0 Å². The Bertz CT molecular complexity index is 555. The van der Waals surface area contributed by atoms with Crippen LogP contribution in [0.25, 0.3) is 0 Å². The number of nitrogens with one attached hydrogen (secondary N) is 1. The van der Waals surface area contributed by atoms with Gasteiger partial charge in [-0.2, -0.15) is 0 Å². The summed E-state index contributed by atoms with van der Waals surface area (Å²) in [6, 6.07) is 6.29. The fraction of sp³-hybridized carbons (Fsp3) is 0.214. The smallest absolute Gasteiger partial charge is 0.121 e. The molecule has 0 aliphatic carbocycles. The summed E-state index contributed by atoms with van der Waals surface area (Å²) in [5.74, 6) is 0.300. The Kier molecular flexibility index (Phi) is 3.37. The van der Waals surface area contributed by atoms with Gasteiger partial charge in [-0.1, -0.05) is 0 Å². The number of hydrogen-bond donors (Lipinski definition) is 3. The molecule has 2 rings (SSSR count). The second-order valence-corrected chi connectivity index (χ2v) is 4.30. The number of aromatic nitrogens is 1. The topological polar surface area (TPSA) is 65.4 Å². The van der Waals surface area contributed by atoms with Crippen molar-refractivity contribution in [1.82, 2.24) is 4.98 Å². The van der Waals surface area contributed by atoms with E-state index >= 15 is 0 Å². The van der Waals surface area contributed by atoms with Gasteiger partial charge < -0.3 is 15.5 Å². The average molecular weight is 244 g/mol. The van der Waals surface area contributed by atoms with E-state index in [1.54, 1.807) is 18.5 Å². The highest BCUT2D eigenvalue weighted by Crippen LogP contribution is 2.30. The molecule has 0 saturated heterocycles. The molecule has 94 valence electrons. The third-order valence-electron chi connectivity index (χ3n) is 2.89. The molecule has 0 fully saturated rings. The van der Waals surface area contributed by atoms with Gasteiger partial charge in [-0.25, -0.2) is 0 Å². The van der Waals surface area contributed by atoms with Crippen LogP contribution in [-0.4, -0.2) is 15.2 Å². The van der Waals surface area contributed by atoms with Crippen molar-refractivity contribution in [2.45, 2.75) is 19.9 Å². The first-order valence-electron chi connectivity index (χ1n) is 5.77. The Morgan fingerprint density at radius 2 is 2.00 bits per heavy atom. The number of pyridine rings is 1. The normalized spacial score (nSPS) is 12.1. The highest BCUT2D eigenvalue weighted by atomic mass is 16.3. The highest BCUT2D eigenvalue weighted by molar-refractivity contribution is 5.51. The standard InChI is InChI=1S/C14H16N2O2/c1-9-5-6-15-8-13(9)16-10(2)12-7-11(17)3-4-14(12)18/h3-8,10,16-18H,1-2H3. The largest absolute Gasteiger partial charge is 0.508 e. The number of nitrogens with zero attached hydrogens (tertiary/aromatic N) is 1. The predicted octanol–water partition coefficient (Wildman–Crippen LogP) is 2.97. The van der Waals surface area contributed by atoms with Crippen molar-refractivity contribution in [2.75, 3.05) is 5.32 Å². The van der Waals surface area contributed by atoms with E-state index in [4.69, 9.17) is 0 Å². The van der Waals surface area contributed by atoms with Gasteiger partial charge in [0.1, 0.15) is 11.5 Å². The van der Waals surface area contributed by atoms with Gasteiger partial charge in [0.25, 0.3) is 0 Å². The third-order valence-corrected chi connectivity index (χ3v) is 2.89. The minimum atomic E-state index is -0.125. The van der Waals surface area contributed by atoms with E-state index in [2.05, 4.69) is 10.3 Å². The molecule has 1 atom stereocenters. The van der Waals surface area contributed by atoms with Gasteiger partial charge >= 0.3 is 0 Å². The van der Waals surface area contributed by atoms with Crippen LogP contribution in [0.5, 0.6) is 11.5 Å². The zero-order chi connectivity index (χ0) is 13.1. The molecule has 3 N–H and O–H groups in total. The van der Waals surface area contributed by atoms with Crippen molar-refractivity contribution in [3.05, 3.63) is 47.8 Å². The predicted molar refractivity (Wildman–Crippen MR) is 70.8 cm³/mol. The van der Waals surface area contributed by atoms with Crippen molar-refractivity contribution in [1.29, 1.82) is 0 Å². The van der Waals surface area contributed by atoms with E-state index in [0.29, 0.717) is 5.56 Å². The van der Waals surface area contributed by atoms with E-state index in [1.165, 1.54) is 12.1 Å². The fourth-order valence-corrected chi connectivity index (χ4v) is 1.81. The fourth-order valence-electron chi connectivity index (χ4n) is 1.81. The molecule has 2 aromatic rings. The van der Waals surface area contributed by atoms with Crippen LogP contribution in [0.3, 0.4) is 0 Å². The second-order valence-electron chi connectivity index (χ2n) is 4.30. The van der Waals surface area contributed by atoms with Gasteiger partial charge in [0.05, 0.1) is 17.9 Å². The van der Waals surface area contributed by atoms with Crippen LogP contribution >= 0.6 is 0 Å². The molecule has 4 heteroatoms. The maximum absolute atomic E-state index is 9.79. The summed E-state index contributed by atoms with van der Waals surface area (Å²) in [7, 11) is 0. The summed E-state index contributed by atoms with van der Waals surface area (Å²) in [6.45, 7) is 3.90. The first-order valence-corrected chi connectivity index (χ1v) is 5.77. The third kappa shape index (κ3) is 2.53. The summed E-state index contributed by atoms with van der Waals surface area (Å²) < 4.78 is 0. The van der Waals surface area contributed by atoms with Gasteiger partial charge in [0.2, 0.25) is 0 Å². The first-order chi connectivity index (χ1) is 8.58. The molecule has 1 unspecified atom stereocenters. The van der Waals surface area contributed by atoms with E-state index in [-0.39, 0.29) is 17.5 Å². The van der Waals surface area contributed by atoms with E-state index in [1.807, 2.05) is 19.9 Å². The van der Waals surface area contributed by atoms with Gasteiger partial charge in [0, 0.05) is 11.8 Å². The molecule has 1 aromatic carbocycles. The van der Waals surface area contributed by atoms with Crippen LogP contribution in [-0.2, 0) is 0 Å². The molecule has 18 heavy (non-hydrogen) atoms. The van der Waals surface area contributed by atoms with Gasteiger partial charge in [-0.15, -0.1) is 0 Å². The molecule has 1 heterocycles. The van der Waals surface area contributed by atoms with Crippen LogP contribution in [0.2, 0.25) is 0 Å². The average Bonchev–Trinajstić information content (AvgIpc) is 2.35. The lowest BCUT2D eigenvalue weighted by molar-refractivity contribution is 0.451. The monoisotopic (exact) mass is 244 g/mol. The van der Waals surface area contributed by atoms with Crippen LogP contribution in [0.1, 0.15) is 24.1 Å². The maximum Gasteiger partial charge on any atom is 0.121 e. The number of phenols is 2. The molecule has 0 aliphatic heterocycles. The van der Waals surface area contributed by atoms with Crippen LogP contribution in [0.15, 0.2) is 36.7 Å². The lowest BCUT2D eigenvalue weighted by atomic mass is 10.1. The molecular weight excluding hydrogens is 228 g/mol. The van der Waals surface area contributed by atoms with E-state index in [0.717, 1.165) is 11.3 Å². The van der Waals surface area contributed by atoms with Crippen LogP contribution in [0, 0.1) is 6.92 Å². The van der Waals surface area contributed by atoms with Crippen molar-refractivity contribution in [3.8, 4) is 11.5 Å². The van der Waals surface area contributed by atoms with Crippen LogP contribution < -0.4 is 5.32 Å². The summed E-state index contributed by atoms with van der Waals surface area (Å²) in [5.41, 5.74) is 2.64. The van der Waals surface area contributed by atoms with Crippen LogP contribution in [0.4, 0.5) is 5.69 Å². The Morgan fingerprint density at radius 1 is 1.22 bits per heavy atom. The lowest BCUT2D eigenvalue weighted by Gasteiger charge is -2.18. The van der Waals surface area contributed by atoms with Gasteiger partial charge in [-0.3, -0.25) is 4.98 Å². The molecule has 4 nitrogen and oxygen atoms in total. The summed E-state index contributed by atoms with van der Waals surface area (Å²) >= 11 is 0. The molecule has 0 bridgehead atoms. The van der Waals surface area contributed by atoms with Gasteiger partial charge in [0.15, 0.2) is 0 Å². The number of hydrogen-bond acceptors (Lipinski definition) is 4. The molecule has 0 saturated carbocycles. The van der Waals surface area contributed by atoms with Crippen molar-refractivity contribution >= 4 is 5.69 Å². The van der Waals surface area contributed by atoms with Crippen molar-refractivity contribution in [3.63, 3.8) is 0 Å². The minimum absolute atomic E-state index is 0.125. The highest BCUT2D eigenvalue weighted by Gasteiger charge is 2.12. The Hall–Kier alpha value is -2.23. The number of phenolic OH excluding ortho intramolecular Hbond substituents is 2. The summed E-state index contributed by atoms with van der Waals surface area (Å²) in [5, 5.41) is 22.5. The van der Waals surface area contributed by atoms with Crippen molar-refractivity contribution in [2.24, 2.45) is 0 Å². The van der Waals surface area contributed by atoms with Gasteiger partial charge in [-0.05, 0) is 43.7 Å². The number of aryl methyl sites for hydroxylation is 1. The summed E-state index contributed by atoms with van der Waals surface area (Å²) in [4.78, 5) is 4.06. The first kappa shape index (κ1) is 12.2. The van der Waals surface area contributed by atoms with E-state index in [9.17, 15) is 10.2 Å². The lowest BCUT2D eigenvalue weighted by Crippen LogP contribution is -2.08. The SMILES string of the molecule is Cc1ccncc1NC(C)c1cc(O)ccc1O. The maximum atomic E-state index is 9.79. The molecule has 0 amide bonds. The zero-order valence-electron chi connectivity index (χ0n) is 10.4. The Morgan fingerprint density at radius 3 is 2.72 bits per heavy atom. The zero-order valence-corrected chi connectivity index (χ0v) is 10.4. The number of benzene rings is 1. The molecular formula is C14H16N2O2. The minimum Gasteiger partial charge on any atom is -0.508 e. The van der Waals surface area contributed by atoms with Crippen molar-refractivity contribution < 1.29 is 10.2 Å². The quantitative estimate of drug-likeness (QED) is 0.726. The number of aromatic hydroxyl groups is 2. The molecule has 0 spiro atoms. The summed E-state index contributed by atoms with van der Waals surface area (Å²) in [6.07, 6.45) is 3.47. The molecule has 1 aromatic heterocycles. The Labute approximate surface area is 106 Å².